The SMILES string of the molecule is CCC(CC)(OC)[SiH](C)OC(C)(C)[C@@](C)(CC)[Si](C)(C)OC(C)(CC)[Si](C)(C)C. The second-order valence-electron chi connectivity index (χ2n) is 11.4. The molecule has 0 saturated heterocycles. The predicted molar refractivity (Wildman–Crippen MR) is 138 cm³/mol. The Bertz CT molecular complexity index is 504. The molecule has 6 heteroatoms. The summed E-state index contributed by atoms with van der Waals surface area (Å²) in [6, 6.07) is 0. The minimum absolute atomic E-state index is 0.00168. The van der Waals surface area contributed by atoms with Gasteiger partial charge in [0.15, 0.2) is 8.32 Å². The van der Waals surface area contributed by atoms with Gasteiger partial charge in [-0.3, -0.25) is 0 Å². The molecule has 0 saturated carbocycles. The molecule has 0 aliphatic heterocycles. The molecular weight excluding hydrogens is 409 g/mol. The molecule has 0 radical (unpaired) electrons. The Balaban J connectivity index is 6.07. The normalized spacial score (nSPS) is 19.6. The van der Waals surface area contributed by atoms with E-state index in [2.05, 4.69) is 94.7 Å². The van der Waals surface area contributed by atoms with Crippen LogP contribution in [-0.4, -0.2) is 48.6 Å². The smallest absolute Gasteiger partial charge is 0.206 e. The molecule has 2 unspecified atom stereocenters. The van der Waals surface area contributed by atoms with Crippen molar-refractivity contribution in [3.8, 4) is 0 Å². The molecule has 0 spiro atoms. The summed E-state index contributed by atoms with van der Waals surface area (Å²) in [7, 11) is -3.36. The van der Waals surface area contributed by atoms with Crippen molar-refractivity contribution in [2.24, 2.45) is 0 Å². The van der Waals surface area contributed by atoms with Crippen molar-refractivity contribution in [1.82, 2.24) is 0 Å². The summed E-state index contributed by atoms with van der Waals surface area (Å²) in [5.74, 6) is 0. The fourth-order valence-corrected chi connectivity index (χ4v) is 14.8. The Labute approximate surface area is 187 Å². The molecule has 3 atom stereocenters. The molecule has 0 aromatic carbocycles. The molecule has 0 aromatic rings. The van der Waals surface area contributed by atoms with Gasteiger partial charge in [0, 0.05) is 17.4 Å². The molecule has 0 amide bonds. The maximum Gasteiger partial charge on any atom is 0.206 e. The Morgan fingerprint density at radius 1 is 0.759 bits per heavy atom. The minimum Gasteiger partial charge on any atom is -0.414 e. The Kier molecular flexibility index (Phi) is 10.2. The summed E-state index contributed by atoms with van der Waals surface area (Å²) in [5.41, 5.74) is -0.259. The van der Waals surface area contributed by atoms with Crippen molar-refractivity contribution >= 4 is 25.4 Å². The fourth-order valence-electron chi connectivity index (χ4n) is 4.97. The van der Waals surface area contributed by atoms with Gasteiger partial charge in [-0.05, 0) is 66.1 Å². The first-order valence-electron chi connectivity index (χ1n) is 11.8. The third-order valence-electron chi connectivity index (χ3n) is 8.92. The monoisotopic (exact) mass is 462 g/mol. The first-order chi connectivity index (χ1) is 12.9. The lowest BCUT2D eigenvalue weighted by Gasteiger charge is -2.57. The van der Waals surface area contributed by atoms with E-state index >= 15 is 0 Å². The molecule has 0 heterocycles. The highest BCUT2D eigenvalue weighted by Crippen LogP contribution is 2.54. The zero-order valence-electron chi connectivity index (χ0n) is 22.6. The van der Waals surface area contributed by atoms with E-state index < -0.39 is 25.4 Å². The van der Waals surface area contributed by atoms with Crippen LogP contribution in [-0.2, 0) is 13.6 Å². The number of hydrogen-bond acceptors (Lipinski definition) is 3. The van der Waals surface area contributed by atoms with E-state index in [-0.39, 0.29) is 21.1 Å². The largest absolute Gasteiger partial charge is 0.414 e. The van der Waals surface area contributed by atoms with Gasteiger partial charge in [-0.2, -0.15) is 0 Å². The van der Waals surface area contributed by atoms with Crippen LogP contribution in [0.4, 0.5) is 0 Å². The fraction of sp³-hybridized carbons (Fsp3) is 1.00. The average molecular weight is 463 g/mol. The van der Waals surface area contributed by atoms with Gasteiger partial charge in [0.1, 0.15) is 0 Å². The van der Waals surface area contributed by atoms with E-state index in [9.17, 15) is 0 Å². The van der Waals surface area contributed by atoms with Gasteiger partial charge in [0.05, 0.1) is 18.9 Å². The number of ether oxygens (including phenoxy) is 1. The summed E-state index contributed by atoms with van der Waals surface area (Å²) in [6.07, 6.45) is 4.15. The van der Waals surface area contributed by atoms with Gasteiger partial charge < -0.3 is 13.6 Å². The van der Waals surface area contributed by atoms with Gasteiger partial charge >= 0.3 is 0 Å². The van der Waals surface area contributed by atoms with E-state index in [1.165, 1.54) is 0 Å². The van der Waals surface area contributed by atoms with Gasteiger partial charge in [-0.15, -0.1) is 0 Å². The molecule has 0 aliphatic rings. The second kappa shape index (κ2) is 9.99. The number of rotatable bonds is 13. The van der Waals surface area contributed by atoms with Crippen LogP contribution in [0.5, 0.6) is 0 Å². The molecule has 0 rings (SSSR count). The molecule has 0 fully saturated rings. The quantitative estimate of drug-likeness (QED) is 0.268. The van der Waals surface area contributed by atoms with Crippen molar-refractivity contribution < 1.29 is 13.6 Å². The Hall–Kier alpha value is 0.531. The van der Waals surface area contributed by atoms with Crippen LogP contribution in [0.25, 0.3) is 0 Å². The maximum atomic E-state index is 7.23. The van der Waals surface area contributed by atoms with Gasteiger partial charge in [-0.1, -0.05) is 54.3 Å². The van der Waals surface area contributed by atoms with E-state index in [0.717, 1.165) is 25.7 Å². The highest BCUT2D eigenvalue weighted by molar-refractivity contribution is 6.81. The molecule has 0 aliphatic carbocycles. The van der Waals surface area contributed by atoms with Crippen LogP contribution in [0.3, 0.4) is 0 Å². The standard InChI is InChI=1S/C23H54O3Si3/c1-16-21(7,29(14,15)26-22(8,17-2)28(11,12)13)20(5,6)25-27(10)23(18-3,19-4)24-9/h27H,16-19H2,1-15H3/t21-,22?,27?/m1/s1. The van der Waals surface area contributed by atoms with Crippen LogP contribution in [0.2, 0.25) is 44.3 Å². The summed E-state index contributed by atoms with van der Waals surface area (Å²) in [5, 5.41) is -0.117. The molecule has 0 bridgehead atoms. The van der Waals surface area contributed by atoms with Crippen molar-refractivity contribution in [2.75, 3.05) is 7.11 Å². The van der Waals surface area contributed by atoms with E-state index in [1.807, 2.05) is 7.11 Å². The summed E-state index contributed by atoms with van der Waals surface area (Å²) < 4.78 is 20.3. The molecule has 3 nitrogen and oxygen atoms in total. The highest BCUT2D eigenvalue weighted by Gasteiger charge is 2.58. The van der Waals surface area contributed by atoms with Crippen LogP contribution >= 0.6 is 0 Å². The van der Waals surface area contributed by atoms with Crippen LogP contribution < -0.4 is 0 Å². The lowest BCUT2D eigenvalue weighted by Crippen LogP contribution is -2.64. The van der Waals surface area contributed by atoms with Crippen molar-refractivity contribution in [1.29, 1.82) is 0 Å². The Morgan fingerprint density at radius 3 is 1.48 bits per heavy atom. The third kappa shape index (κ3) is 5.67. The van der Waals surface area contributed by atoms with E-state index in [1.54, 1.807) is 0 Å². The zero-order chi connectivity index (χ0) is 23.5. The summed E-state index contributed by atoms with van der Waals surface area (Å²) in [6.45, 7) is 33.0. The molecule has 29 heavy (non-hydrogen) atoms. The molecule has 0 N–H and O–H groups in total. The summed E-state index contributed by atoms with van der Waals surface area (Å²) in [4.78, 5) is 0. The predicted octanol–water partition coefficient (Wildman–Crippen LogP) is 7.32. The van der Waals surface area contributed by atoms with Gasteiger partial charge in [-0.25, -0.2) is 0 Å². The van der Waals surface area contributed by atoms with Crippen LogP contribution in [0.15, 0.2) is 0 Å². The number of hydrogen-bond donors (Lipinski definition) is 0. The van der Waals surface area contributed by atoms with E-state index in [4.69, 9.17) is 13.6 Å². The lowest BCUT2D eigenvalue weighted by atomic mass is 9.89. The zero-order valence-corrected chi connectivity index (χ0v) is 25.8. The van der Waals surface area contributed by atoms with Crippen molar-refractivity contribution in [2.45, 2.75) is 141 Å². The summed E-state index contributed by atoms with van der Waals surface area (Å²) >= 11 is 0. The lowest BCUT2D eigenvalue weighted by molar-refractivity contribution is -0.0118. The topological polar surface area (TPSA) is 27.7 Å². The highest BCUT2D eigenvalue weighted by atomic mass is 28.4. The maximum absolute atomic E-state index is 7.23. The van der Waals surface area contributed by atoms with Gasteiger partial charge in [0.25, 0.3) is 0 Å². The van der Waals surface area contributed by atoms with E-state index in [0.29, 0.717) is 0 Å². The Morgan fingerprint density at radius 2 is 1.21 bits per heavy atom. The van der Waals surface area contributed by atoms with Crippen LogP contribution in [0.1, 0.15) is 81.1 Å². The molecular formula is C23H54O3Si3. The first kappa shape index (κ1) is 29.5. The molecule has 176 valence electrons. The first-order valence-corrected chi connectivity index (χ1v) is 20.4. The number of methoxy groups -OCH3 is 1. The van der Waals surface area contributed by atoms with Crippen LogP contribution in [0, 0.1) is 0 Å². The van der Waals surface area contributed by atoms with Crippen molar-refractivity contribution in [3.63, 3.8) is 0 Å². The van der Waals surface area contributed by atoms with Gasteiger partial charge in [0.2, 0.25) is 9.04 Å². The van der Waals surface area contributed by atoms with Crippen molar-refractivity contribution in [3.05, 3.63) is 0 Å². The third-order valence-corrected chi connectivity index (χ3v) is 20.8. The molecule has 0 aromatic heterocycles. The average Bonchev–Trinajstić information content (AvgIpc) is 2.60. The minimum atomic E-state index is -2.12. The second-order valence-corrected chi connectivity index (χ2v) is 23.8.